The van der Waals surface area contributed by atoms with Crippen LogP contribution in [0.15, 0.2) is 17.8 Å². The lowest BCUT2D eigenvalue weighted by atomic mass is 10.4. The Kier molecular flexibility index (Phi) is 2.69. The molecule has 0 aliphatic carbocycles. The van der Waals surface area contributed by atoms with E-state index < -0.39 is 0 Å². The second-order valence-corrected chi connectivity index (χ2v) is 4.47. The molecule has 1 N–H and O–H groups in total. The van der Waals surface area contributed by atoms with Gasteiger partial charge in [-0.1, -0.05) is 0 Å². The molecule has 0 atom stereocenters. The molecule has 5 nitrogen and oxygen atoms in total. The van der Waals surface area contributed by atoms with Crippen molar-refractivity contribution in [3.63, 3.8) is 0 Å². The largest absolute Gasteiger partial charge is 0.379 e. The zero-order valence-electron chi connectivity index (χ0n) is 8.72. The molecule has 16 heavy (non-hydrogen) atoms. The molecule has 1 saturated heterocycles. The fourth-order valence-corrected chi connectivity index (χ4v) is 2.44. The molecule has 0 amide bonds. The Balaban J connectivity index is 1.85. The summed E-state index contributed by atoms with van der Waals surface area (Å²) in [4.78, 5) is 9.51. The molecule has 6 heteroatoms. The first-order valence-electron chi connectivity index (χ1n) is 5.21. The molecule has 1 aliphatic heterocycles. The summed E-state index contributed by atoms with van der Waals surface area (Å²) in [5.41, 5.74) is 3.32. The highest BCUT2D eigenvalue weighted by atomic mass is 32.1. The number of nitrogens with zero attached hydrogens (tertiary/aromatic N) is 3. The molecule has 0 spiro atoms. The number of fused-ring (bicyclic) bond motifs is 1. The van der Waals surface area contributed by atoms with Crippen LogP contribution in [-0.4, -0.2) is 41.3 Å². The van der Waals surface area contributed by atoms with Gasteiger partial charge in [0.05, 0.1) is 18.6 Å². The van der Waals surface area contributed by atoms with Crippen molar-refractivity contribution in [1.29, 1.82) is 0 Å². The van der Waals surface area contributed by atoms with E-state index in [0.29, 0.717) is 0 Å². The molecule has 0 saturated carbocycles. The van der Waals surface area contributed by atoms with Crippen LogP contribution >= 0.6 is 11.3 Å². The van der Waals surface area contributed by atoms with Gasteiger partial charge in [0.25, 0.3) is 0 Å². The van der Waals surface area contributed by atoms with E-state index in [1.54, 1.807) is 17.7 Å². The van der Waals surface area contributed by atoms with Crippen LogP contribution in [0.5, 0.6) is 0 Å². The van der Waals surface area contributed by atoms with E-state index in [1.807, 2.05) is 11.4 Å². The Bertz CT molecular complexity index is 480. The van der Waals surface area contributed by atoms with Gasteiger partial charge in [0.15, 0.2) is 5.82 Å². The smallest absolute Gasteiger partial charge is 0.152 e. The molecule has 0 unspecified atom stereocenters. The lowest BCUT2D eigenvalue weighted by Crippen LogP contribution is -2.40. The number of anilines is 1. The molecular weight excluding hydrogens is 224 g/mol. The van der Waals surface area contributed by atoms with Crippen LogP contribution in [-0.2, 0) is 4.74 Å². The minimum absolute atomic E-state index is 0.769. The number of thiophene rings is 1. The molecule has 2 aromatic rings. The molecule has 84 valence electrons. The van der Waals surface area contributed by atoms with Crippen LogP contribution in [0, 0.1) is 0 Å². The van der Waals surface area contributed by atoms with Gasteiger partial charge in [-0.25, -0.2) is 15.0 Å². The van der Waals surface area contributed by atoms with Crippen molar-refractivity contribution in [2.24, 2.45) is 0 Å². The summed E-state index contributed by atoms with van der Waals surface area (Å²) in [6, 6.07) is 2.04. The van der Waals surface area contributed by atoms with Crippen molar-refractivity contribution >= 4 is 27.4 Å². The summed E-state index contributed by atoms with van der Waals surface area (Å²) in [6.07, 6.45) is 1.60. The van der Waals surface area contributed by atoms with Crippen molar-refractivity contribution < 1.29 is 4.74 Å². The van der Waals surface area contributed by atoms with E-state index in [4.69, 9.17) is 4.74 Å². The third-order valence-corrected chi connectivity index (χ3v) is 3.36. The fourth-order valence-electron chi connectivity index (χ4n) is 1.70. The van der Waals surface area contributed by atoms with Gasteiger partial charge in [-0.15, -0.1) is 11.3 Å². The Morgan fingerprint density at radius 3 is 3.06 bits per heavy atom. The number of hydrazine groups is 1. The number of hydrogen-bond donors (Lipinski definition) is 1. The van der Waals surface area contributed by atoms with Gasteiger partial charge in [-0.05, 0) is 11.4 Å². The van der Waals surface area contributed by atoms with E-state index >= 15 is 0 Å². The van der Waals surface area contributed by atoms with E-state index in [9.17, 15) is 0 Å². The van der Waals surface area contributed by atoms with E-state index in [0.717, 1.165) is 42.3 Å². The van der Waals surface area contributed by atoms with Crippen LogP contribution < -0.4 is 5.43 Å². The summed E-state index contributed by atoms with van der Waals surface area (Å²) in [5, 5.41) is 5.24. The van der Waals surface area contributed by atoms with Crippen LogP contribution in [0.4, 0.5) is 5.82 Å². The highest BCUT2D eigenvalue weighted by molar-refractivity contribution is 7.16. The maximum Gasteiger partial charge on any atom is 0.152 e. The SMILES string of the molecule is c1nc(NN2CCOCC2)c2ccsc2n1. The molecule has 3 rings (SSSR count). The summed E-state index contributed by atoms with van der Waals surface area (Å²) < 4.78 is 5.30. The van der Waals surface area contributed by atoms with Gasteiger partial charge in [0, 0.05) is 13.1 Å². The summed E-state index contributed by atoms with van der Waals surface area (Å²) in [5.74, 6) is 0.883. The van der Waals surface area contributed by atoms with Gasteiger partial charge in [-0.2, -0.15) is 0 Å². The van der Waals surface area contributed by atoms with Gasteiger partial charge >= 0.3 is 0 Å². The van der Waals surface area contributed by atoms with Crippen LogP contribution in [0.1, 0.15) is 0 Å². The van der Waals surface area contributed by atoms with Gasteiger partial charge in [-0.3, -0.25) is 0 Å². The number of morpholine rings is 1. The van der Waals surface area contributed by atoms with Crippen LogP contribution in [0.25, 0.3) is 10.2 Å². The first-order chi connectivity index (χ1) is 7.93. The molecule has 1 fully saturated rings. The summed E-state index contributed by atoms with van der Waals surface area (Å²) in [6.45, 7) is 3.31. The molecule has 0 radical (unpaired) electrons. The standard InChI is InChI=1S/C10H12N4OS/c1-6-16-10-8(1)9(11-7-12-10)13-14-2-4-15-5-3-14/h1,6-7H,2-5H2,(H,11,12,13). The number of aromatic nitrogens is 2. The predicted octanol–water partition coefficient (Wildman–Crippen LogP) is 1.35. The average molecular weight is 236 g/mol. The Labute approximate surface area is 97.0 Å². The molecule has 1 aliphatic rings. The third kappa shape index (κ3) is 1.87. The van der Waals surface area contributed by atoms with Gasteiger partial charge < -0.3 is 10.2 Å². The quantitative estimate of drug-likeness (QED) is 0.853. The molecule has 3 heterocycles. The number of ether oxygens (including phenoxy) is 1. The zero-order valence-corrected chi connectivity index (χ0v) is 9.54. The van der Waals surface area contributed by atoms with Crippen molar-refractivity contribution in [3.8, 4) is 0 Å². The number of nitrogens with one attached hydrogen (secondary N) is 1. The van der Waals surface area contributed by atoms with Gasteiger partial charge in [0.1, 0.15) is 11.2 Å². The zero-order chi connectivity index (χ0) is 10.8. The second-order valence-electron chi connectivity index (χ2n) is 3.57. The topological polar surface area (TPSA) is 50.3 Å². The Morgan fingerprint density at radius 2 is 2.19 bits per heavy atom. The highest BCUT2D eigenvalue weighted by Gasteiger charge is 2.12. The van der Waals surface area contributed by atoms with E-state index in [-0.39, 0.29) is 0 Å². The molecule has 0 bridgehead atoms. The minimum atomic E-state index is 0.769. The Hall–Kier alpha value is -1.24. The van der Waals surface area contributed by atoms with Crippen molar-refractivity contribution in [1.82, 2.24) is 15.0 Å². The van der Waals surface area contributed by atoms with E-state index in [1.165, 1.54) is 0 Å². The minimum Gasteiger partial charge on any atom is -0.379 e. The maximum absolute atomic E-state index is 5.30. The number of hydrogen-bond acceptors (Lipinski definition) is 6. The molecule has 0 aromatic carbocycles. The highest BCUT2D eigenvalue weighted by Crippen LogP contribution is 2.23. The lowest BCUT2D eigenvalue weighted by Gasteiger charge is -2.27. The predicted molar refractivity (Wildman–Crippen MR) is 63.4 cm³/mol. The van der Waals surface area contributed by atoms with Gasteiger partial charge in [0.2, 0.25) is 0 Å². The maximum atomic E-state index is 5.30. The van der Waals surface area contributed by atoms with E-state index in [2.05, 4.69) is 20.4 Å². The van der Waals surface area contributed by atoms with Crippen LogP contribution in [0.3, 0.4) is 0 Å². The first kappa shape index (κ1) is 9.95. The van der Waals surface area contributed by atoms with Crippen molar-refractivity contribution in [2.45, 2.75) is 0 Å². The lowest BCUT2D eigenvalue weighted by molar-refractivity contribution is 0.0495. The molecular formula is C10H12N4OS. The summed E-state index contributed by atoms with van der Waals surface area (Å²) >= 11 is 1.63. The number of rotatable bonds is 2. The first-order valence-corrected chi connectivity index (χ1v) is 6.09. The fraction of sp³-hybridized carbons (Fsp3) is 0.400. The van der Waals surface area contributed by atoms with Crippen molar-refractivity contribution in [3.05, 3.63) is 17.8 Å². The Morgan fingerprint density at radius 1 is 1.31 bits per heavy atom. The van der Waals surface area contributed by atoms with Crippen LogP contribution in [0.2, 0.25) is 0 Å². The normalized spacial score (nSPS) is 17.8. The average Bonchev–Trinajstić information content (AvgIpc) is 2.80. The monoisotopic (exact) mass is 236 g/mol. The summed E-state index contributed by atoms with van der Waals surface area (Å²) in [7, 11) is 0. The second kappa shape index (κ2) is 4.32. The molecule has 2 aromatic heterocycles. The third-order valence-electron chi connectivity index (χ3n) is 2.54. The van der Waals surface area contributed by atoms with Crippen molar-refractivity contribution in [2.75, 3.05) is 31.7 Å².